The van der Waals surface area contributed by atoms with Gasteiger partial charge in [0.1, 0.15) is 0 Å². The number of amides is 1. The van der Waals surface area contributed by atoms with E-state index >= 15 is 0 Å². The Labute approximate surface area is 189 Å². The molecule has 9 heteroatoms. The summed E-state index contributed by atoms with van der Waals surface area (Å²) in [5.74, 6) is 6.36. The number of aromatic nitrogens is 3. The monoisotopic (exact) mass is 445 g/mol. The normalized spacial score (nSPS) is 11.5. The van der Waals surface area contributed by atoms with Gasteiger partial charge in [-0.15, -0.1) is 10.2 Å². The van der Waals surface area contributed by atoms with E-state index in [-0.39, 0.29) is 17.6 Å². The predicted molar refractivity (Wildman–Crippen MR) is 130 cm³/mol. The SMILES string of the molecule is C/C(=N\Nc1nnc(SCC(=O)Nc2cccc(C)c2)n1N)c1ccc2ccccc2c1. The Morgan fingerprint density at radius 3 is 2.69 bits per heavy atom. The lowest BCUT2D eigenvalue weighted by Gasteiger charge is -2.06. The van der Waals surface area contributed by atoms with Crippen molar-refractivity contribution in [2.24, 2.45) is 5.10 Å². The van der Waals surface area contributed by atoms with E-state index in [9.17, 15) is 4.79 Å². The van der Waals surface area contributed by atoms with Gasteiger partial charge in [0.05, 0.1) is 11.5 Å². The Balaban J connectivity index is 1.37. The van der Waals surface area contributed by atoms with Crippen LogP contribution in [0.3, 0.4) is 0 Å². The lowest BCUT2D eigenvalue weighted by atomic mass is 10.0. The minimum atomic E-state index is -0.150. The summed E-state index contributed by atoms with van der Waals surface area (Å²) in [6, 6.07) is 21.9. The molecule has 0 fully saturated rings. The molecule has 0 bridgehead atoms. The fourth-order valence-corrected chi connectivity index (χ4v) is 3.77. The minimum Gasteiger partial charge on any atom is -0.334 e. The Hall–Kier alpha value is -3.85. The van der Waals surface area contributed by atoms with Crippen LogP contribution >= 0.6 is 11.8 Å². The van der Waals surface area contributed by atoms with E-state index in [1.807, 2.05) is 56.3 Å². The number of benzene rings is 3. The maximum absolute atomic E-state index is 12.2. The highest BCUT2D eigenvalue weighted by Gasteiger charge is 2.12. The first-order valence-electron chi connectivity index (χ1n) is 9.99. The molecule has 1 heterocycles. The van der Waals surface area contributed by atoms with E-state index in [4.69, 9.17) is 5.84 Å². The fourth-order valence-electron chi connectivity index (χ4n) is 3.11. The van der Waals surface area contributed by atoms with Gasteiger partial charge in [-0.05, 0) is 53.9 Å². The lowest BCUT2D eigenvalue weighted by Crippen LogP contribution is -2.17. The van der Waals surface area contributed by atoms with Crippen LogP contribution in [0.5, 0.6) is 0 Å². The molecule has 4 N–H and O–H groups in total. The molecule has 1 aromatic heterocycles. The first-order chi connectivity index (χ1) is 15.5. The Morgan fingerprint density at radius 1 is 1.06 bits per heavy atom. The number of nitrogens with zero attached hydrogens (tertiary/aromatic N) is 4. The van der Waals surface area contributed by atoms with Crippen LogP contribution in [0.1, 0.15) is 18.1 Å². The molecule has 4 rings (SSSR count). The molecule has 0 radical (unpaired) electrons. The van der Waals surface area contributed by atoms with Gasteiger partial charge in [-0.25, -0.2) is 10.1 Å². The number of nitrogen functional groups attached to an aromatic ring is 1. The summed E-state index contributed by atoms with van der Waals surface area (Å²) in [4.78, 5) is 12.2. The van der Waals surface area contributed by atoms with Crippen molar-refractivity contribution in [3.05, 3.63) is 77.9 Å². The number of aryl methyl sites for hydroxylation is 1. The van der Waals surface area contributed by atoms with Crippen molar-refractivity contribution in [1.29, 1.82) is 0 Å². The molecule has 32 heavy (non-hydrogen) atoms. The zero-order valence-corrected chi connectivity index (χ0v) is 18.6. The van der Waals surface area contributed by atoms with Gasteiger partial charge >= 0.3 is 0 Å². The molecule has 0 atom stereocenters. The third-order valence-corrected chi connectivity index (χ3v) is 5.73. The van der Waals surface area contributed by atoms with Crippen molar-refractivity contribution >= 4 is 45.8 Å². The number of hydrazone groups is 1. The average molecular weight is 446 g/mol. The predicted octanol–water partition coefficient (Wildman–Crippen LogP) is 4.02. The summed E-state index contributed by atoms with van der Waals surface area (Å²) in [5, 5.41) is 18.0. The smallest absolute Gasteiger partial charge is 0.264 e. The van der Waals surface area contributed by atoms with Crippen LogP contribution in [0.25, 0.3) is 10.8 Å². The number of nitrogens with two attached hydrogens (primary N) is 1. The third kappa shape index (κ3) is 5.06. The van der Waals surface area contributed by atoms with Gasteiger partial charge in [-0.2, -0.15) is 5.10 Å². The van der Waals surface area contributed by atoms with Gasteiger partial charge in [0, 0.05) is 5.69 Å². The molecule has 3 aromatic carbocycles. The maximum atomic E-state index is 12.2. The number of carbonyl (C=O) groups excluding carboxylic acids is 1. The van der Waals surface area contributed by atoms with Crippen LogP contribution in [0.4, 0.5) is 11.6 Å². The van der Waals surface area contributed by atoms with Crippen LogP contribution in [0.15, 0.2) is 77.0 Å². The van der Waals surface area contributed by atoms with Gasteiger partial charge in [0.25, 0.3) is 5.95 Å². The largest absolute Gasteiger partial charge is 0.334 e. The number of rotatable bonds is 7. The molecule has 0 saturated heterocycles. The van der Waals surface area contributed by atoms with Crippen LogP contribution < -0.4 is 16.6 Å². The average Bonchev–Trinajstić information content (AvgIpc) is 3.15. The summed E-state index contributed by atoms with van der Waals surface area (Å²) >= 11 is 1.20. The highest BCUT2D eigenvalue weighted by molar-refractivity contribution is 7.99. The molecule has 162 valence electrons. The van der Waals surface area contributed by atoms with Crippen molar-refractivity contribution in [2.75, 3.05) is 22.3 Å². The Morgan fingerprint density at radius 2 is 1.88 bits per heavy atom. The first kappa shape index (κ1) is 21.4. The molecule has 0 aliphatic carbocycles. The Bertz CT molecular complexity index is 1300. The van der Waals surface area contributed by atoms with Crippen molar-refractivity contribution in [1.82, 2.24) is 14.9 Å². The Kier molecular flexibility index (Phi) is 6.37. The van der Waals surface area contributed by atoms with Crippen LogP contribution in [-0.4, -0.2) is 32.2 Å². The van der Waals surface area contributed by atoms with Crippen LogP contribution in [0.2, 0.25) is 0 Å². The minimum absolute atomic E-state index is 0.150. The van der Waals surface area contributed by atoms with Gasteiger partial charge < -0.3 is 11.2 Å². The van der Waals surface area contributed by atoms with Crippen molar-refractivity contribution < 1.29 is 4.79 Å². The summed E-state index contributed by atoms with van der Waals surface area (Å²) in [7, 11) is 0. The number of thioether (sulfide) groups is 1. The van der Waals surface area contributed by atoms with Gasteiger partial charge in [0.15, 0.2) is 0 Å². The molecule has 0 aliphatic rings. The lowest BCUT2D eigenvalue weighted by molar-refractivity contribution is -0.113. The van der Waals surface area contributed by atoms with Crippen molar-refractivity contribution in [3.8, 4) is 0 Å². The van der Waals surface area contributed by atoms with E-state index in [1.165, 1.54) is 21.8 Å². The molecule has 0 saturated carbocycles. The number of fused-ring (bicyclic) bond motifs is 1. The summed E-state index contributed by atoms with van der Waals surface area (Å²) in [6.45, 7) is 3.87. The molecule has 0 unspecified atom stereocenters. The van der Waals surface area contributed by atoms with Crippen molar-refractivity contribution in [2.45, 2.75) is 19.0 Å². The standard InChI is InChI=1S/C23H23N7OS/c1-15-6-5-9-20(12-15)25-21(31)14-32-23-29-28-22(30(23)24)27-26-16(2)18-11-10-17-7-3-4-8-19(17)13-18/h3-13H,14,24H2,1-2H3,(H,25,31)(H,27,28)/b26-16+. The highest BCUT2D eigenvalue weighted by Crippen LogP contribution is 2.19. The third-order valence-electron chi connectivity index (χ3n) is 4.79. The zero-order chi connectivity index (χ0) is 22.5. The van der Waals surface area contributed by atoms with Gasteiger partial charge in [-0.3, -0.25) is 4.79 Å². The fraction of sp³-hybridized carbons (Fsp3) is 0.130. The molecular weight excluding hydrogens is 422 g/mol. The highest BCUT2D eigenvalue weighted by atomic mass is 32.2. The van der Waals surface area contributed by atoms with Gasteiger partial charge in [-0.1, -0.05) is 60.3 Å². The van der Waals surface area contributed by atoms with Crippen molar-refractivity contribution in [3.63, 3.8) is 0 Å². The van der Waals surface area contributed by atoms with Gasteiger partial charge in [0.2, 0.25) is 11.1 Å². The topological polar surface area (TPSA) is 110 Å². The maximum Gasteiger partial charge on any atom is 0.264 e. The number of anilines is 2. The molecule has 0 aliphatic heterocycles. The first-order valence-corrected chi connectivity index (χ1v) is 11.0. The van der Waals surface area contributed by atoms with E-state index in [0.29, 0.717) is 5.16 Å². The molecule has 1 amide bonds. The van der Waals surface area contributed by atoms with E-state index in [1.54, 1.807) is 0 Å². The van der Waals surface area contributed by atoms with E-state index < -0.39 is 0 Å². The molecule has 8 nitrogen and oxygen atoms in total. The molecular formula is C23H23N7OS. The van der Waals surface area contributed by atoms with Crippen LogP contribution in [-0.2, 0) is 4.79 Å². The number of carbonyl (C=O) groups is 1. The molecule has 0 spiro atoms. The molecule has 4 aromatic rings. The quantitative estimate of drug-likeness (QED) is 0.172. The number of hydrogen-bond donors (Lipinski definition) is 3. The summed E-state index contributed by atoms with van der Waals surface area (Å²) < 4.78 is 1.28. The zero-order valence-electron chi connectivity index (χ0n) is 17.7. The second-order valence-electron chi connectivity index (χ2n) is 7.25. The number of nitrogens with one attached hydrogen (secondary N) is 2. The number of hydrogen-bond acceptors (Lipinski definition) is 7. The second kappa shape index (κ2) is 9.52. The second-order valence-corrected chi connectivity index (χ2v) is 8.20. The van der Waals surface area contributed by atoms with E-state index in [2.05, 4.69) is 50.3 Å². The van der Waals surface area contributed by atoms with Crippen LogP contribution in [0, 0.1) is 6.92 Å². The van der Waals surface area contributed by atoms with E-state index in [0.717, 1.165) is 27.9 Å². The summed E-state index contributed by atoms with van der Waals surface area (Å²) in [5.41, 5.74) is 6.45. The summed E-state index contributed by atoms with van der Waals surface area (Å²) in [6.07, 6.45) is 0.